The third-order valence-electron chi connectivity index (χ3n) is 3.28. The van der Waals surface area contributed by atoms with E-state index in [1.807, 2.05) is 13.1 Å². The van der Waals surface area contributed by atoms with Gasteiger partial charge in [0.1, 0.15) is 5.75 Å². The number of halogens is 1. The highest BCUT2D eigenvalue weighted by Gasteiger charge is 2.18. The summed E-state index contributed by atoms with van der Waals surface area (Å²) in [5.74, 6) is 1.74. The molecule has 0 fully saturated rings. The maximum Gasteiger partial charge on any atom is 0.125 e. The molecule has 3 heteroatoms. The highest BCUT2D eigenvalue weighted by Crippen LogP contribution is 2.34. The van der Waals surface area contributed by atoms with E-state index in [0.29, 0.717) is 5.92 Å². The van der Waals surface area contributed by atoms with E-state index in [2.05, 4.69) is 18.3 Å². The second kappa shape index (κ2) is 5.74. The van der Waals surface area contributed by atoms with Crippen molar-refractivity contribution in [1.29, 1.82) is 0 Å². The molecule has 1 heterocycles. The lowest BCUT2D eigenvalue weighted by atomic mass is 9.96. The first-order valence-corrected chi connectivity index (χ1v) is 6.67. The second-order valence-corrected chi connectivity index (χ2v) is 5.29. The van der Waals surface area contributed by atoms with Crippen LogP contribution in [0.15, 0.2) is 12.1 Å². The van der Waals surface area contributed by atoms with E-state index in [4.69, 9.17) is 16.3 Å². The number of hydrogen-bond donors (Lipinski definition) is 1. The van der Waals surface area contributed by atoms with Crippen LogP contribution < -0.4 is 10.1 Å². The first kappa shape index (κ1) is 12.7. The summed E-state index contributed by atoms with van der Waals surface area (Å²) in [4.78, 5) is 0. The molecule has 1 unspecified atom stereocenters. The van der Waals surface area contributed by atoms with Gasteiger partial charge >= 0.3 is 0 Å². The molecule has 0 radical (unpaired) electrons. The summed E-state index contributed by atoms with van der Waals surface area (Å²) < 4.78 is 5.72. The Morgan fingerprint density at radius 2 is 2.29 bits per heavy atom. The zero-order valence-corrected chi connectivity index (χ0v) is 11.3. The fourth-order valence-electron chi connectivity index (χ4n) is 2.37. The van der Waals surface area contributed by atoms with Gasteiger partial charge in [-0.05, 0) is 55.6 Å². The Kier molecular flexibility index (Phi) is 4.30. The van der Waals surface area contributed by atoms with Gasteiger partial charge in [0.05, 0.1) is 6.61 Å². The van der Waals surface area contributed by atoms with Crippen molar-refractivity contribution in [3.8, 4) is 5.75 Å². The Morgan fingerprint density at radius 1 is 1.47 bits per heavy atom. The van der Waals surface area contributed by atoms with Crippen LogP contribution in [-0.2, 0) is 12.8 Å². The highest BCUT2D eigenvalue weighted by atomic mass is 35.5. The van der Waals surface area contributed by atoms with Crippen LogP contribution in [0.1, 0.15) is 24.5 Å². The van der Waals surface area contributed by atoms with Crippen molar-refractivity contribution in [2.24, 2.45) is 5.92 Å². The normalized spacial score (nSPS) is 15.5. The summed E-state index contributed by atoms with van der Waals surface area (Å²) in [6.07, 6.45) is 3.22. The molecule has 0 saturated heterocycles. The minimum atomic E-state index is 0.647. The van der Waals surface area contributed by atoms with Gasteiger partial charge in [-0.3, -0.25) is 0 Å². The van der Waals surface area contributed by atoms with E-state index in [-0.39, 0.29) is 0 Å². The zero-order valence-electron chi connectivity index (χ0n) is 10.6. The molecule has 0 aromatic heterocycles. The minimum Gasteiger partial charge on any atom is -0.493 e. The van der Waals surface area contributed by atoms with Crippen molar-refractivity contribution in [1.82, 2.24) is 5.32 Å². The van der Waals surface area contributed by atoms with Crippen LogP contribution in [0.3, 0.4) is 0 Å². The molecule has 1 aliphatic heterocycles. The molecular weight excluding hydrogens is 234 g/mol. The van der Waals surface area contributed by atoms with Gasteiger partial charge in [0.2, 0.25) is 0 Å². The largest absolute Gasteiger partial charge is 0.493 e. The molecule has 1 aromatic rings. The monoisotopic (exact) mass is 253 g/mol. The van der Waals surface area contributed by atoms with Gasteiger partial charge < -0.3 is 10.1 Å². The number of nitrogens with one attached hydrogen (secondary N) is 1. The lowest BCUT2D eigenvalue weighted by Crippen LogP contribution is -2.13. The van der Waals surface area contributed by atoms with E-state index >= 15 is 0 Å². The van der Waals surface area contributed by atoms with E-state index in [9.17, 15) is 0 Å². The average molecular weight is 254 g/mol. The fourth-order valence-corrected chi connectivity index (χ4v) is 2.63. The molecule has 1 aliphatic rings. The minimum absolute atomic E-state index is 0.647. The van der Waals surface area contributed by atoms with Crippen LogP contribution >= 0.6 is 11.6 Å². The molecule has 1 aromatic carbocycles. The maximum atomic E-state index is 6.15. The summed E-state index contributed by atoms with van der Waals surface area (Å²) in [5.41, 5.74) is 2.54. The quantitative estimate of drug-likeness (QED) is 0.871. The number of fused-ring (bicyclic) bond motifs is 1. The number of rotatable bonds is 5. The van der Waals surface area contributed by atoms with Crippen molar-refractivity contribution < 1.29 is 4.74 Å². The number of ether oxygens (including phenoxy) is 1. The first-order valence-electron chi connectivity index (χ1n) is 6.29. The van der Waals surface area contributed by atoms with Gasteiger partial charge in [-0.15, -0.1) is 0 Å². The molecule has 1 atom stereocenters. The second-order valence-electron chi connectivity index (χ2n) is 4.85. The van der Waals surface area contributed by atoms with E-state index in [1.54, 1.807) is 0 Å². The Hall–Kier alpha value is -0.730. The lowest BCUT2D eigenvalue weighted by Gasteiger charge is -2.14. The molecule has 0 bridgehead atoms. The van der Waals surface area contributed by atoms with Gasteiger partial charge in [-0.25, -0.2) is 0 Å². The predicted molar refractivity (Wildman–Crippen MR) is 72.1 cm³/mol. The van der Waals surface area contributed by atoms with Crippen LogP contribution in [0.2, 0.25) is 5.02 Å². The van der Waals surface area contributed by atoms with E-state index < -0.39 is 0 Å². The Bertz CT molecular complexity index is 392. The van der Waals surface area contributed by atoms with Crippen LogP contribution in [0.5, 0.6) is 5.75 Å². The third-order valence-corrected chi connectivity index (χ3v) is 3.50. The zero-order chi connectivity index (χ0) is 12.3. The summed E-state index contributed by atoms with van der Waals surface area (Å²) >= 11 is 6.15. The summed E-state index contributed by atoms with van der Waals surface area (Å²) in [7, 11) is 1.99. The summed E-state index contributed by atoms with van der Waals surface area (Å²) in [6.45, 7) is 4.14. The SMILES string of the molecule is CNCCC(C)Cc1cc(Cl)cc2c1OCC2. The smallest absolute Gasteiger partial charge is 0.125 e. The van der Waals surface area contributed by atoms with E-state index in [0.717, 1.165) is 36.8 Å². The molecule has 2 nitrogen and oxygen atoms in total. The van der Waals surface area contributed by atoms with Crippen LogP contribution in [-0.4, -0.2) is 20.2 Å². The highest BCUT2D eigenvalue weighted by molar-refractivity contribution is 6.30. The molecule has 0 aliphatic carbocycles. The average Bonchev–Trinajstić information content (AvgIpc) is 2.74. The fraction of sp³-hybridized carbons (Fsp3) is 0.571. The molecule has 2 rings (SSSR count). The van der Waals surface area contributed by atoms with Gasteiger partial charge in [-0.2, -0.15) is 0 Å². The number of benzene rings is 1. The molecule has 17 heavy (non-hydrogen) atoms. The molecule has 94 valence electrons. The Labute approximate surface area is 108 Å². The molecule has 0 spiro atoms. The molecule has 1 N–H and O–H groups in total. The standard InChI is InChI=1S/C14H20ClNO/c1-10(3-5-16-2)7-12-9-13(15)8-11-4-6-17-14(11)12/h8-10,16H,3-7H2,1-2H3. The van der Waals surface area contributed by atoms with Crippen LogP contribution in [0, 0.1) is 5.92 Å². The van der Waals surface area contributed by atoms with Crippen LogP contribution in [0.25, 0.3) is 0 Å². The van der Waals surface area contributed by atoms with Gasteiger partial charge in [0, 0.05) is 11.4 Å². The summed E-state index contributed by atoms with van der Waals surface area (Å²) in [5, 5.41) is 4.03. The topological polar surface area (TPSA) is 21.3 Å². The van der Waals surface area contributed by atoms with Crippen molar-refractivity contribution in [3.05, 3.63) is 28.3 Å². The maximum absolute atomic E-state index is 6.15. The van der Waals surface area contributed by atoms with Gasteiger partial charge in [0.15, 0.2) is 0 Å². The van der Waals surface area contributed by atoms with Crippen molar-refractivity contribution in [3.63, 3.8) is 0 Å². The molecule has 0 amide bonds. The Morgan fingerprint density at radius 3 is 3.06 bits per heavy atom. The lowest BCUT2D eigenvalue weighted by molar-refractivity contribution is 0.351. The van der Waals surface area contributed by atoms with Crippen LogP contribution in [0.4, 0.5) is 0 Å². The summed E-state index contributed by atoms with van der Waals surface area (Å²) in [6, 6.07) is 4.09. The first-order chi connectivity index (χ1) is 8.20. The van der Waals surface area contributed by atoms with E-state index in [1.165, 1.54) is 17.5 Å². The number of hydrogen-bond acceptors (Lipinski definition) is 2. The van der Waals surface area contributed by atoms with Gasteiger partial charge in [-0.1, -0.05) is 18.5 Å². The predicted octanol–water partition coefficient (Wildman–Crippen LogP) is 3.06. The van der Waals surface area contributed by atoms with Gasteiger partial charge in [0.25, 0.3) is 0 Å². The Balaban J connectivity index is 2.10. The molecular formula is C14H20ClNO. The van der Waals surface area contributed by atoms with Crippen molar-refractivity contribution in [2.75, 3.05) is 20.2 Å². The molecule has 0 saturated carbocycles. The van der Waals surface area contributed by atoms with Crippen molar-refractivity contribution in [2.45, 2.75) is 26.2 Å². The third kappa shape index (κ3) is 3.14. The van der Waals surface area contributed by atoms with Crippen molar-refractivity contribution >= 4 is 11.6 Å².